The topological polar surface area (TPSA) is 113 Å². The lowest BCUT2D eigenvalue weighted by Crippen LogP contribution is -2.54. The Morgan fingerprint density at radius 1 is 1.14 bits per heavy atom. The van der Waals surface area contributed by atoms with Crippen LogP contribution in [0.3, 0.4) is 0 Å². The van der Waals surface area contributed by atoms with Crippen molar-refractivity contribution in [1.82, 2.24) is 5.32 Å². The second kappa shape index (κ2) is 7.75. The Balaban J connectivity index is 2.02. The number of carbonyl (C=O) groups excluding carboxylic acids is 3. The highest BCUT2D eigenvalue weighted by molar-refractivity contribution is 6.39. The molecule has 3 rings (SSSR count). The van der Waals surface area contributed by atoms with Gasteiger partial charge in [0.15, 0.2) is 0 Å². The number of imide groups is 2. The maximum atomic E-state index is 12.8. The third-order valence-corrected chi connectivity index (χ3v) is 3.96. The summed E-state index contributed by atoms with van der Waals surface area (Å²) in [7, 11) is 0. The summed E-state index contributed by atoms with van der Waals surface area (Å²) in [6.07, 6.45) is 1.24. The quantitative estimate of drug-likeness (QED) is 0.609. The number of nitrogens with one attached hydrogen (secondary N) is 1. The Morgan fingerprint density at radius 2 is 1.86 bits per heavy atom. The zero-order valence-electron chi connectivity index (χ0n) is 14.8. The van der Waals surface area contributed by atoms with Crippen molar-refractivity contribution in [2.24, 2.45) is 0 Å². The van der Waals surface area contributed by atoms with Crippen molar-refractivity contribution in [2.75, 3.05) is 11.5 Å². The van der Waals surface area contributed by atoms with E-state index in [-0.39, 0.29) is 23.5 Å². The molecule has 1 saturated heterocycles. The number of benzene rings is 2. The summed E-state index contributed by atoms with van der Waals surface area (Å²) in [5, 5.41) is 11.5. The third kappa shape index (κ3) is 3.61. The summed E-state index contributed by atoms with van der Waals surface area (Å²) in [4.78, 5) is 49.4. The van der Waals surface area contributed by atoms with Gasteiger partial charge in [-0.25, -0.2) is 14.5 Å². The van der Waals surface area contributed by atoms with Crippen LogP contribution in [-0.2, 0) is 9.59 Å². The molecule has 0 atom stereocenters. The molecule has 1 aliphatic heterocycles. The number of barbiturate groups is 1. The summed E-state index contributed by atoms with van der Waals surface area (Å²) >= 11 is 0. The molecule has 28 heavy (non-hydrogen) atoms. The number of aromatic carboxylic acids is 1. The molecule has 0 aliphatic carbocycles. The van der Waals surface area contributed by atoms with Gasteiger partial charge in [0.1, 0.15) is 16.9 Å². The Labute approximate surface area is 160 Å². The molecule has 0 aromatic heterocycles. The number of rotatable bonds is 5. The zero-order valence-corrected chi connectivity index (χ0v) is 14.8. The SMILES string of the molecule is CCOc1ccc(/C=C2\C(=O)NC(=O)N(c3ccccc3)C2=O)cc1C(=O)O. The molecule has 142 valence electrons. The lowest BCUT2D eigenvalue weighted by atomic mass is 10.0. The highest BCUT2D eigenvalue weighted by Gasteiger charge is 2.36. The molecule has 1 aliphatic rings. The first-order valence-corrected chi connectivity index (χ1v) is 8.39. The van der Waals surface area contributed by atoms with Gasteiger partial charge in [-0.2, -0.15) is 0 Å². The van der Waals surface area contributed by atoms with Crippen LogP contribution in [0.2, 0.25) is 0 Å². The van der Waals surface area contributed by atoms with E-state index in [9.17, 15) is 24.3 Å². The largest absolute Gasteiger partial charge is 0.493 e. The highest BCUT2D eigenvalue weighted by Crippen LogP contribution is 2.24. The monoisotopic (exact) mass is 380 g/mol. The van der Waals surface area contributed by atoms with E-state index in [0.29, 0.717) is 11.3 Å². The zero-order chi connectivity index (χ0) is 20.3. The fourth-order valence-corrected chi connectivity index (χ4v) is 2.72. The number of para-hydroxylation sites is 1. The number of carbonyl (C=O) groups is 4. The molecule has 0 bridgehead atoms. The maximum absolute atomic E-state index is 12.8. The Hall–Kier alpha value is -3.94. The molecule has 8 heteroatoms. The number of hydrogen-bond donors (Lipinski definition) is 2. The van der Waals surface area contributed by atoms with Gasteiger partial charge >= 0.3 is 12.0 Å². The molecule has 2 aromatic carbocycles. The molecule has 8 nitrogen and oxygen atoms in total. The smallest absolute Gasteiger partial charge is 0.339 e. The first-order valence-electron chi connectivity index (χ1n) is 8.39. The lowest BCUT2D eigenvalue weighted by Gasteiger charge is -2.26. The summed E-state index contributed by atoms with van der Waals surface area (Å²) in [6.45, 7) is 2.01. The molecular formula is C20H16N2O6. The summed E-state index contributed by atoms with van der Waals surface area (Å²) in [6, 6.07) is 11.6. The van der Waals surface area contributed by atoms with Crippen LogP contribution in [0.25, 0.3) is 6.08 Å². The number of amides is 4. The number of carboxylic acid groups (broad SMARTS) is 1. The highest BCUT2D eigenvalue weighted by atomic mass is 16.5. The van der Waals surface area contributed by atoms with Crippen molar-refractivity contribution in [3.05, 3.63) is 65.2 Å². The molecule has 2 aromatic rings. The first kappa shape index (κ1) is 18.8. The van der Waals surface area contributed by atoms with E-state index in [1.165, 1.54) is 24.3 Å². The van der Waals surface area contributed by atoms with Crippen molar-refractivity contribution < 1.29 is 29.0 Å². The fraction of sp³-hybridized carbons (Fsp3) is 0.100. The van der Waals surface area contributed by atoms with Crippen LogP contribution in [-0.4, -0.2) is 35.5 Å². The molecule has 0 unspecified atom stereocenters. The Kier molecular flexibility index (Phi) is 5.21. The van der Waals surface area contributed by atoms with E-state index in [2.05, 4.69) is 5.32 Å². The van der Waals surface area contributed by atoms with Crippen molar-refractivity contribution in [3.8, 4) is 5.75 Å². The minimum absolute atomic E-state index is 0.101. The minimum atomic E-state index is -1.20. The van der Waals surface area contributed by atoms with Crippen molar-refractivity contribution >= 4 is 35.6 Å². The van der Waals surface area contributed by atoms with Gasteiger partial charge < -0.3 is 9.84 Å². The van der Waals surface area contributed by atoms with E-state index in [0.717, 1.165) is 4.90 Å². The van der Waals surface area contributed by atoms with Crippen LogP contribution < -0.4 is 15.0 Å². The van der Waals surface area contributed by atoms with Gasteiger partial charge in [-0.3, -0.25) is 14.9 Å². The normalized spacial score (nSPS) is 15.5. The summed E-state index contributed by atoms with van der Waals surface area (Å²) in [5.41, 5.74) is 0.225. The Bertz CT molecular complexity index is 997. The Morgan fingerprint density at radius 3 is 2.50 bits per heavy atom. The molecule has 4 amide bonds. The maximum Gasteiger partial charge on any atom is 0.339 e. The van der Waals surface area contributed by atoms with E-state index in [1.807, 2.05) is 0 Å². The third-order valence-electron chi connectivity index (χ3n) is 3.96. The first-order chi connectivity index (χ1) is 13.4. The second-order valence-corrected chi connectivity index (χ2v) is 5.79. The molecule has 0 radical (unpaired) electrons. The molecule has 1 heterocycles. The van der Waals surface area contributed by atoms with Gasteiger partial charge in [-0.05, 0) is 42.8 Å². The number of nitrogens with zero attached hydrogens (tertiary/aromatic N) is 1. The standard InChI is InChI=1S/C20H16N2O6/c1-2-28-16-9-8-12(10-14(16)19(25)26)11-15-17(23)21-20(27)22(18(15)24)13-6-4-3-5-7-13/h3-11H,2H2,1H3,(H,25,26)(H,21,23,27)/b15-11+. The van der Waals surface area contributed by atoms with Gasteiger partial charge in [0.05, 0.1) is 12.3 Å². The van der Waals surface area contributed by atoms with Crippen LogP contribution >= 0.6 is 0 Å². The second-order valence-electron chi connectivity index (χ2n) is 5.79. The van der Waals surface area contributed by atoms with E-state index >= 15 is 0 Å². The average molecular weight is 380 g/mol. The van der Waals surface area contributed by atoms with E-state index in [4.69, 9.17) is 4.74 Å². The van der Waals surface area contributed by atoms with Crippen molar-refractivity contribution in [1.29, 1.82) is 0 Å². The molecule has 2 N–H and O–H groups in total. The number of urea groups is 1. The van der Waals surface area contributed by atoms with Crippen LogP contribution in [0, 0.1) is 0 Å². The number of ether oxygens (including phenoxy) is 1. The van der Waals surface area contributed by atoms with Crippen LogP contribution in [0.4, 0.5) is 10.5 Å². The van der Waals surface area contributed by atoms with E-state index < -0.39 is 23.8 Å². The predicted octanol–water partition coefficient (Wildman–Crippen LogP) is 2.45. The minimum Gasteiger partial charge on any atom is -0.493 e. The van der Waals surface area contributed by atoms with Gasteiger partial charge in [0.25, 0.3) is 11.8 Å². The van der Waals surface area contributed by atoms with Gasteiger partial charge in [-0.15, -0.1) is 0 Å². The van der Waals surface area contributed by atoms with Gasteiger partial charge in [0.2, 0.25) is 0 Å². The average Bonchev–Trinajstić information content (AvgIpc) is 2.67. The van der Waals surface area contributed by atoms with E-state index in [1.54, 1.807) is 37.3 Å². The van der Waals surface area contributed by atoms with Crippen LogP contribution in [0.1, 0.15) is 22.8 Å². The number of hydrogen-bond acceptors (Lipinski definition) is 5. The van der Waals surface area contributed by atoms with Gasteiger partial charge in [0, 0.05) is 0 Å². The van der Waals surface area contributed by atoms with Crippen molar-refractivity contribution in [2.45, 2.75) is 6.92 Å². The van der Waals surface area contributed by atoms with Crippen LogP contribution in [0.5, 0.6) is 5.75 Å². The van der Waals surface area contributed by atoms with Crippen LogP contribution in [0.15, 0.2) is 54.1 Å². The molecular weight excluding hydrogens is 364 g/mol. The summed E-state index contributed by atoms with van der Waals surface area (Å²) < 4.78 is 5.27. The van der Waals surface area contributed by atoms with Crippen molar-refractivity contribution in [3.63, 3.8) is 0 Å². The lowest BCUT2D eigenvalue weighted by molar-refractivity contribution is -0.122. The summed E-state index contributed by atoms with van der Waals surface area (Å²) in [5.74, 6) is -2.68. The molecule has 0 spiro atoms. The predicted molar refractivity (Wildman–Crippen MR) is 100 cm³/mol. The molecule has 1 fully saturated rings. The number of anilines is 1. The number of carboxylic acids is 1. The molecule has 0 saturated carbocycles. The fourth-order valence-electron chi connectivity index (χ4n) is 2.72. The van der Waals surface area contributed by atoms with Gasteiger partial charge in [-0.1, -0.05) is 24.3 Å².